The van der Waals surface area contributed by atoms with Crippen LogP contribution in [0.15, 0.2) is 66.7 Å². The highest BCUT2D eigenvalue weighted by molar-refractivity contribution is 6.33. The van der Waals surface area contributed by atoms with Crippen LogP contribution in [-0.4, -0.2) is 54.0 Å². The lowest BCUT2D eigenvalue weighted by Gasteiger charge is -2.44. The highest BCUT2D eigenvalue weighted by Gasteiger charge is 2.31. The first kappa shape index (κ1) is 26.3. The van der Waals surface area contributed by atoms with Crippen molar-refractivity contribution in [3.8, 4) is 5.75 Å². The van der Waals surface area contributed by atoms with Gasteiger partial charge in [0, 0.05) is 37.3 Å². The molecule has 1 saturated heterocycles. The number of piperazine rings is 1. The zero-order valence-electron chi connectivity index (χ0n) is 20.0. The van der Waals surface area contributed by atoms with E-state index in [0.29, 0.717) is 41.1 Å². The monoisotopic (exact) mass is 525 g/mol. The third-order valence-electron chi connectivity index (χ3n) is 6.28. The Bertz CT molecular complexity index is 1200. The molecule has 3 aromatic rings. The molecule has 0 saturated carbocycles. The second kappa shape index (κ2) is 12.0. The molecule has 3 atom stereocenters. The van der Waals surface area contributed by atoms with Gasteiger partial charge in [-0.1, -0.05) is 59.6 Å². The number of ether oxygens (including phenoxy) is 1. The molecule has 0 unspecified atom stereocenters. The van der Waals surface area contributed by atoms with Crippen molar-refractivity contribution in [3.05, 3.63) is 99.3 Å². The van der Waals surface area contributed by atoms with E-state index in [4.69, 9.17) is 34.5 Å². The Hall–Kier alpha value is -2.79. The minimum atomic E-state index is -0.656. The minimum absolute atomic E-state index is 0.00515. The molecular formula is C28H29Cl2N3O3. The molecule has 8 heteroatoms. The van der Waals surface area contributed by atoms with Gasteiger partial charge in [-0.05, 0) is 42.3 Å². The lowest BCUT2D eigenvalue weighted by atomic mass is 10.00. The summed E-state index contributed by atoms with van der Waals surface area (Å²) in [5.74, 6) is 0.610. The van der Waals surface area contributed by atoms with Crippen LogP contribution in [0.4, 0.5) is 11.4 Å². The Labute approximate surface area is 222 Å². The van der Waals surface area contributed by atoms with E-state index in [0.717, 1.165) is 23.4 Å². The predicted molar refractivity (Wildman–Crippen MR) is 144 cm³/mol. The van der Waals surface area contributed by atoms with Gasteiger partial charge in [-0.25, -0.2) is 4.85 Å². The number of benzene rings is 3. The van der Waals surface area contributed by atoms with Crippen LogP contribution in [-0.2, 0) is 0 Å². The molecule has 3 aromatic carbocycles. The number of anilines is 1. The summed E-state index contributed by atoms with van der Waals surface area (Å²) in [7, 11) is 0. The van der Waals surface area contributed by atoms with Gasteiger partial charge in [0.05, 0.1) is 35.5 Å². The topological polar surface area (TPSA) is 60.5 Å². The molecule has 0 spiro atoms. The smallest absolute Gasteiger partial charge is 0.187 e. The second-order valence-corrected chi connectivity index (χ2v) is 9.86. The third kappa shape index (κ3) is 6.50. The van der Waals surface area contributed by atoms with Crippen LogP contribution in [0, 0.1) is 6.57 Å². The number of nitrogens with zero attached hydrogens (tertiary/aromatic N) is 3. The summed E-state index contributed by atoms with van der Waals surface area (Å²) < 4.78 is 5.61. The molecule has 1 fully saturated rings. The fraction of sp³-hybridized carbons (Fsp3) is 0.321. The van der Waals surface area contributed by atoms with Crippen molar-refractivity contribution in [2.45, 2.75) is 25.2 Å². The molecule has 1 aliphatic rings. The van der Waals surface area contributed by atoms with Crippen molar-refractivity contribution in [2.75, 3.05) is 37.7 Å². The number of aliphatic hydroxyl groups excluding tert-OH is 2. The van der Waals surface area contributed by atoms with Crippen LogP contribution in [0.1, 0.15) is 30.2 Å². The van der Waals surface area contributed by atoms with Gasteiger partial charge < -0.3 is 19.8 Å². The number of hydrogen-bond donors (Lipinski definition) is 2. The van der Waals surface area contributed by atoms with Crippen molar-refractivity contribution >= 4 is 34.6 Å². The van der Waals surface area contributed by atoms with E-state index in [1.165, 1.54) is 0 Å². The van der Waals surface area contributed by atoms with Crippen LogP contribution in [0.2, 0.25) is 10.0 Å². The van der Waals surface area contributed by atoms with Crippen LogP contribution < -0.4 is 9.64 Å². The molecule has 0 aromatic heterocycles. The number of hydrogen-bond acceptors (Lipinski definition) is 5. The molecule has 0 aliphatic carbocycles. The molecule has 0 radical (unpaired) electrons. The van der Waals surface area contributed by atoms with Crippen LogP contribution in [0.5, 0.6) is 5.75 Å². The molecule has 0 amide bonds. The highest BCUT2D eigenvalue weighted by Crippen LogP contribution is 2.37. The van der Waals surface area contributed by atoms with Crippen molar-refractivity contribution in [3.63, 3.8) is 0 Å². The van der Waals surface area contributed by atoms with Crippen LogP contribution >= 0.6 is 23.2 Å². The third-order valence-corrected chi connectivity index (χ3v) is 6.83. The molecule has 4 rings (SSSR count). The summed E-state index contributed by atoms with van der Waals surface area (Å²) in [4.78, 5) is 7.94. The van der Waals surface area contributed by atoms with Crippen molar-refractivity contribution in [2.24, 2.45) is 0 Å². The Morgan fingerprint density at radius 2 is 1.75 bits per heavy atom. The van der Waals surface area contributed by atoms with Crippen LogP contribution in [0.3, 0.4) is 0 Å². The summed E-state index contributed by atoms with van der Waals surface area (Å²) in [6, 6.07) is 20.5. The maximum Gasteiger partial charge on any atom is 0.187 e. The number of β-amino-alcohol motifs (C(OH)–C–C–N with tert-alkyl or cyclic N) is 1. The summed E-state index contributed by atoms with van der Waals surface area (Å²) in [5.41, 5.74) is 3.35. The van der Waals surface area contributed by atoms with Gasteiger partial charge in [0.15, 0.2) is 5.69 Å². The summed E-state index contributed by atoms with van der Waals surface area (Å²) in [6.45, 7) is 11.6. The lowest BCUT2D eigenvalue weighted by molar-refractivity contribution is 0.100. The number of aliphatic hydroxyl groups is 2. The van der Waals surface area contributed by atoms with Crippen molar-refractivity contribution in [1.82, 2.24) is 4.90 Å². The van der Waals surface area contributed by atoms with E-state index in [1.54, 1.807) is 25.1 Å². The van der Waals surface area contributed by atoms with Gasteiger partial charge in [0.2, 0.25) is 0 Å². The van der Waals surface area contributed by atoms with Gasteiger partial charge in [-0.2, -0.15) is 0 Å². The standard InChI is InChI=1S/C28H29Cl2N3O3/c1-19(34)18-36-24-11-12-26(25(30)15-24)33-14-13-32(16-27(33)20-3-7-22(29)8-4-20)17-28(35)21-5-9-23(31-2)10-6-21/h3-12,15,19,27-28,34-35H,13-14,16-18H2,1H3/t19-,27+,28-/m1/s1. The number of rotatable bonds is 8. The van der Waals surface area contributed by atoms with Gasteiger partial charge in [0.25, 0.3) is 0 Å². The van der Waals surface area contributed by atoms with Crippen LogP contribution in [0.25, 0.3) is 4.85 Å². The van der Waals surface area contributed by atoms with Gasteiger partial charge in [-0.15, -0.1) is 0 Å². The fourth-order valence-corrected chi connectivity index (χ4v) is 4.82. The number of halogens is 2. The van der Waals surface area contributed by atoms with Crippen molar-refractivity contribution in [1.29, 1.82) is 0 Å². The molecule has 188 valence electrons. The average Bonchev–Trinajstić information content (AvgIpc) is 2.88. The molecule has 6 nitrogen and oxygen atoms in total. The first-order valence-corrected chi connectivity index (χ1v) is 12.6. The highest BCUT2D eigenvalue weighted by atomic mass is 35.5. The normalized spacial score (nSPS) is 17.9. The zero-order chi connectivity index (χ0) is 25.7. The molecule has 2 N–H and O–H groups in total. The summed E-state index contributed by atoms with van der Waals surface area (Å²) in [6.07, 6.45) is -1.22. The first-order chi connectivity index (χ1) is 17.3. The SMILES string of the molecule is [C-]#[N+]c1ccc([C@H](O)CN2CCN(c3ccc(OC[C@@H](C)O)cc3Cl)[C@H](c3ccc(Cl)cc3)C2)cc1. The lowest BCUT2D eigenvalue weighted by Crippen LogP contribution is -2.49. The van der Waals surface area contributed by atoms with Crippen molar-refractivity contribution < 1.29 is 14.9 Å². The maximum absolute atomic E-state index is 10.9. The predicted octanol–water partition coefficient (Wildman–Crippen LogP) is 5.90. The summed E-state index contributed by atoms with van der Waals surface area (Å²) >= 11 is 12.9. The second-order valence-electron chi connectivity index (χ2n) is 9.01. The Morgan fingerprint density at radius 3 is 2.39 bits per heavy atom. The molecular weight excluding hydrogens is 497 g/mol. The quantitative estimate of drug-likeness (QED) is 0.358. The van der Waals surface area contributed by atoms with Gasteiger partial charge in [0.1, 0.15) is 12.4 Å². The van der Waals surface area contributed by atoms with E-state index in [9.17, 15) is 10.2 Å². The largest absolute Gasteiger partial charge is 0.491 e. The van der Waals surface area contributed by atoms with Gasteiger partial charge >= 0.3 is 0 Å². The molecule has 1 heterocycles. The average molecular weight is 526 g/mol. The minimum Gasteiger partial charge on any atom is -0.491 e. The van der Waals surface area contributed by atoms with E-state index in [-0.39, 0.29) is 12.6 Å². The first-order valence-electron chi connectivity index (χ1n) is 11.8. The molecule has 0 bridgehead atoms. The van der Waals surface area contributed by atoms with Gasteiger partial charge in [-0.3, -0.25) is 4.90 Å². The van der Waals surface area contributed by atoms with E-state index in [1.807, 2.05) is 48.5 Å². The van der Waals surface area contributed by atoms with E-state index in [2.05, 4.69) is 14.6 Å². The van der Waals surface area contributed by atoms with E-state index >= 15 is 0 Å². The molecule has 36 heavy (non-hydrogen) atoms. The fourth-order valence-electron chi connectivity index (χ4n) is 4.41. The Balaban J connectivity index is 1.54. The summed E-state index contributed by atoms with van der Waals surface area (Å²) in [5, 5.41) is 21.6. The Kier molecular flexibility index (Phi) is 8.73. The molecule has 1 aliphatic heterocycles. The Morgan fingerprint density at radius 1 is 1.03 bits per heavy atom. The maximum atomic E-state index is 10.9. The zero-order valence-corrected chi connectivity index (χ0v) is 21.5. The van der Waals surface area contributed by atoms with E-state index < -0.39 is 12.2 Å².